The molecule has 0 radical (unpaired) electrons. The van der Waals surface area contributed by atoms with Gasteiger partial charge in [-0.25, -0.2) is 14.8 Å². The molecule has 5 aromatic rings. The van der Waals surface area contributed by atoms with E-state index in [2.05, 4.69) is 58.4 Å². The first-order chi connectivity index (χ1) is 16.9. The summed E-state index contributed by atoms with van der Waals surface area (Å²) in [7, 11) is 0. The molecule has 5 heteroatoms. The third kappa shape index (κ3) is 4.13. The first kappa shape index (κ1) is 22.3. The predicted molar refractivity (Wildman–Crippen MR) is 141 cm³/mol. The highest BCUT2D eigenvalue weighted by molar-refractivity contribution is 5.96. The Morgan fingerprint density at radius 1 is 0.743 bits per heavy atom. The molecule has 0 atom stereocenters. The minimum Gasteiger partial charge on any atom is -0.477 e. The lowest BCUT2D eigenvalue weighted by atomic mass is 10.0. The molecule has 35 heavy (non-hydrogen) atoms. The van der Waals surface area contributed by atoms with E-state index in [4.69, 9.17) is 4.98 Å². The third-order valence-corrected chi connectivity index (χ3v) is 6.22. The summed E-state index contributed by atoms with van der Waals surface area (Å²) in [6, 6.07) is 30.9. The van der Waals surface area contributed by atoms with Crippen LogP contribution in [0.3, 0.4) is 0 Å². The highest BCUT2D eigenvalue weighted by Gasteiger charge is 2.18. The highest BCUT2D eigenvalue weighted by atomic mass is 16.4. The summed E-state index contributed by atoms with van der Waals surface area (Å²) in [5.41, 5.74) is 7.98. The molecule has 0 aliphatic heterocycles. The van der Waals surface area contributed by atoms with Gasteiger partial charge in [0.05, 0.1) is 11.2 Å². The summed E-state index contributed by atoms with van der Waals surface area (Å²) in [6.45, 7) is 5.62. The first-order valence-electron chi connectivity index (χ1n) is 11.5. The van der Waals surface area contributed by atoms with Crippen molar-refractivity contribution in [2.75, 3.05) is 4.90 Å². The normalized spacial score (nSPS) is 10.9. The average Bonchev–Trinajstić information content (AvgIpc) is 2.88. The van der Waals surface area contributed by atoms with Crippen molar-refractivity contribution in [1.82, 2.24) is 9.97 Å². The van der Waals surface area contributed by atoms with Crippen LogP contribution < -0.4 is 4.90 Å². The number of aromatic carboxylic acids is 1. The van der Waals surface area contributed by atoms with Crippen LogP contribution in [0.15, 0.2) is 91.0 Å². The smallest absolute Gasteiger partial charge is 0.354 e. The molecule has 5 rings (SSSR count). The number of anilines is 3. The van der Waals surface area contributed by atoms with Gasteiger partial charge in [-0.2, -0.15) is 0 Å². The molecule has 1 N–H and O–H groups in total. The van der Waals surface area contributed by atoms with Crippen molar-refractivity contribution in [2.24, 2.45) is 0 Å². The highest BCUT2D eigenvalue weighted by Crippen LogP contribution is 2.36. The molecule has 0 saturated heterocycles. The van der Waals surface area contributed by atoms with E-state index in [1.807, 2.05) is 56.3 Å². The van der Waals surface area contributed by atoms with Crippen LogP contribution in [0.2, 0.25) is 0 Å². The topological polar surface area (TPSA) is 66.3 Å². The van der Waals surface area contributed by atoms with Gasteiger partial charge in [-0.05, 0) is 68.8 Å². The van der Waals surface area contributed by atoms with Crippen molar-refractivity contribution in [1.29, 1.82) is 0 Å². The summed E-state index contributed by atoms with van der Waals surface area (Å²) in [5, 5.41) is 10.4. The fourth-order valence-corrected chi connectivity index (χ4v) is 4.47. The lowest BCUT2D eigenvalue weighted by molar-refractivity contribution is 0.0689. The summed E-state index contributed by atoms with van der Waals surface area (Å²) in [4.78, 5) is 23.1. The molecule has 0 bridgehead atoms. The molecule has 5 nitrogen and oxygen atoms in total. The van der Waals surface area contributed by atoms with Crippen molar-refractivity contribution in [2.45, 2.75) is 20.8 Å². The van der Waals surface area contributed by atoms with E-state index in [0.29, 0.717) is 16.8 Å². The Morgan fingerprint density at radius 3 is 1.83 bits per heavy atom. The Balaban J connectivity index is 1.61. The molecular formula is C30H25N3O2. The molecule has 0 aliphatic rings. The Hall–Kier alpha value is -4.51. The van der Waals surface area contributed by atoms with Crippen LogP contribution in [0, 0.1) is 20.8 Å². The molecule has 2 aromatic heterocycles. The Labute approximate surface area is 204 Å². The van der Waals surface area contributed by atoms with E-state index in [9.17, 15) is 9.90 Å². The number of nitrogens with zero attached hydrogens (tertiary/aromatic N) is 3. The molecule has 0 unspecified atom stereocenters. The summed E-state index contributed by atoms with van der Waals surface area (Å²) < 4.78 is 0. The van der Waals surface area contributed by atoms with E-state index in [1.54, 1.807) is 6.92 Å². The minimum atomic E-state index is -1.04. The van der Waals surface area contributed by atoms with Crippen LogP contribution in [0.4, 0.5) is 17.1 Å². The van der Waals surface area contributed by atoms with Gasteiger partial charge in [0.2, 0.25) is 0 Å². The monoisotopic (exact) mass is 459 g/mol. The average molecular weight is 460 g/mol. The zero-order chi connectivity index (χ0) is 24.5. The number of benzene rings is 3. The summed E-state index contributed by atoms with van der Waals surface area (Å²) in [6.07, 6.45) is 0. The van der Waals surface area contributed by atoms with Crippen molar-refractivity contribution < 1.29 is 9.90 Å². The molecule has 0 saturated carbocycles. The fraction of sp³-hybridized carbons (Fsp3) is 0.100. The number of aryl methyl sites for hydroxylation is 3. The number of hydrogen-bond acceptors (Lipinski definition) is 4. The van der Waals surface area contributed by atoms with Crippen LogP contribution >= 0.6 is 0 Å². The van der Waals surface area contributed by atoms with Crippen LogP contribution in [0.5, 0.6) is 0 Å². The zero-order valence-corrected chi connectivity index (χ0v) is 19.9. The van der Waals surface area contributed by atoms with Crippen molar-refractivity contribution in [3.05, 3.63) is 114 Å². The van der Waals surface area contributed by atoms with Gasteiger partial charge in [0.25, 0.3) is 0 Å². The van der Waals surface area contributed by atoms with Crippen molar-refractivity contribution in [3.8, 4) is 11.3 Å². The SMILES string of the molecule is Cc1cc2c(C)nc(C(=O)O)c(C)c2nc1-c1ccc(N(c2ccccc2)c2ccccc2)cc1. The van der Waals surface area contributed by atoms with Gasteiger partial charge in [-0.1, -0.05) is 48.5 Å². The minimum absolute atomic E-state index is 0.0500. The number of aromatic nitrogens is 2. The van der Waals surface area contributed by atoms with Crippen molar-refractivity contribution >= 4 is 33.9 Å². The maximum absolute atomic E-state index is 11.7. The lowest BCUT2D eigenvalue weighted by Gasteiger charge is -2.25. The van der Waals surface area contributed by atoms with E-state index in [-0.39, 0.29) is 5.69 Å². The second-order valence-electron chi connectivity index (χ2n) is 8.58. The van der Waals surface area contributed by atoms with E-state index < -0.39 is 5.97 Å². The van der Waals surface area contributed by atoms with Crippen LogP contribution in [-0.2, 0) is 0 Å². The van der Waals surface area contributed by atoms with Gasteiger partial charge in [-0.3, -0.25) is 0 Å². The standard InChI is InChI=1S/C30H25N3O2/c1-19-18-26-21(3)31-29(30(34)35)20(2)28(26)32-27(19)22-14-16-25(17-15-22)33(23-10-6-4-7-11-23)24-12-8-5-9-13-24/h4-18H,1-3H3,(H,34,35). The quantitative estimate of drug-likeness (QED) is 0.297. The number of carboxylic acid groups (broad SMARTS) is 1. The Kier molecular flexibility index (Phi) is 5.75. The fourth-order valence-electron chi connectivity index (χ4n) is 4.47. The van der Waals surface area contributed by atoms with Gasteiger partial charge in [0.1, 0.15) is 0 Å². The Morgan fingerprint density at radius 2 is 1.29 bits per heavy atom. The molecular weight excluding hydrogens is 434 g/mol. The largest absolute Gasteiger partial charge is 0.477 e. The second-order valence-corrected chi connectivity index (χ2v) is 8.58. The van der Waals surface area contributed by atoms with Gasteiger partial charge in [-0.15, -0.1) is 0 Å². The molecule has 0 fully saturated rings. The molecule has 0 amide bonds. The van der Waals surface area contributed by atoms with Crippen LogP contribution in [0.1, 0.15) is 27.3 Å². The van der Waals surface area contributed by atoms with Crippen molar-refractivity contribution in [3.63, 3.8) is 0 Å². The number of pyridine rings is 2. The molecule has 0 spiro atoms. The van der Waals surface area contributed by atoms with Crippen LogP contribution in [0.25, 0.3) is 22.2 Å². The number of rotatable bonds is 5. The summed E-state index contributed by atoms with van der Waals surface area (Å²) >= 11 is 0. The van der Waals surface area contributed by atoms with Gasteiger partial charge in [0.15, 0.2) is 5.69 Å². The Bertz CT molecular complexity index is 1490. The third-order valence-electron chi connectivity index (χ3n) is 6.22. The summed E-state index contributed by atoms with van der Waals surface area (Å²) in [5.74, 6) is -1.04. The second kappa shape index (κ2) is 9.03. The molecule has 3 aromatic carbocycles. The number of hydrogen-bond donors (Lipinski definition) is 1. The zero-order valence-electron chi connectivity index (χ0n) is 19.9. The van der Waals surface area contributed by atoms with Gasteiger partial charge >= 0.3 is 5.97 Å². The first-order valence-corrected chi connectivity index (χ1v) is 11.5. The van der Waals surface area contributed by atoms with E-state index in [1.165, 1.54) is 0 Å². The maximum atomic E-state index is 11.7. The maximum Gasteiger partial charge on any atom is 0.354 e. The number of carbonyl (C=O) groups is 1. The number of fused-ring (bicyclic) bond motifs is 1. The van der Waals surface area contributed by atoms with E-state index >= 15 is 0 Å². The molecule has 0 aliphatic carbocycles. The molecule has 172 valence electrons. The van der Waals surface area contributed by atoms with Gasteiger partial charge in [0, 0.05) is 39.3 Å². The molecule has 2 heterocycles. The predicted octanol–water partition coefficient (Wildman–Crippen LogP) is 7.39. The van der Waals surface area contributed by atoms with E-state index in [0.717, 1.165) is 39.3 Å². The lowest BCUT2D eigenvalue weighted by Crippen LogP contribution is -2.09. The van der Waals surface area contributed by atoms with Gasteiger partial charge < -0.3 is 10.0 Å². The van der Waals surface area contributed by atoms with Crippen LogP contribution in [-0.4, -0.2) is 21.0 Å². The number of para-hydroxylation sites is 2. The number of carboxylic acids is 1.